The van der Waals surface area contributed by atoms with E-state index in [1.807, 2.05) is 0 Å². The van der Waals surface area contributed by atoms with Gasteiger partial charge in [-0.1, -0.05) is 19.8 Å². The number of carbonyl (C=O) groups excluding carboxylic acids is 1. The summed E-state index contributed by atoms with van der Waals surface area (Å²) in [7, 11) is 0. The summed E-state index contributed by atoms with van der Waals surface area (Å²) in [6.45, 7) is 2.04. The Labute approximate surface area is 95.3 Å². The van der Waals surface area contributed by atoms with E-state index in [9.17, 15) is 4.79 Å². The fourth-order valence-electron chi connectivity index (χ4n) is 0.881. The molecule has 0 amide bonds. The summed E-state index contributed by atoms with van der Waals surface area (Å²) < 4.78 is 0. The molecule has 0 bridgehead atoms. The van der Waals surface area contributed by atoms with Gasteiger partial charge in [-0.2, -0.15) is 0 Å². The van der Waals surface area contributed by atoms with Crippen LogP contribution in [0.25, 0.3) is 0 Å². The lowest BCUT2D eigenvalue weighted by molar-refractivity contribution is -0.140. The molecule has 0 radical (unpaired) electrons. The highest BCUT2D eigenvalue weighted by atomic mass is 16.4. The van der Waals surface area contributed by atoms with Crippen molar-refractivity contribution in [1.29, 1.82) is 0 Å². The number of unbranched alkanes of at least 4 members (excludes halogenated alkanes) is 2. The number of aliphatic carboxylic acids is 1. The number of hydrogen-bond acceptors (Lipinski definition) is 5. The third kappa shape index (κ3) is 13.0. The number of carbonyl (C=O) groups is 2. The summed E-state index contributed by atoms with van der Waals surface area (Å²) >= 11 is 0. The second kappa shape index (κ2) is 14.0. The molecule has 0 heterocycles. The van der Waals surface area contributed by atoms with Crippen LogP contribution in [0.2, 0.25) is 0 Å². The number of carboxylic acid groups (broad SMARTS) is 1. The van der Waals surface area contributed by atoms with Gasteiger partial charge in [0.05, 0.1) is 13.2 Å². The molecular formula is C10H21NO5. The first-order valence-corrected chi connectivity index (χ1v) is 5.25. The molecule has 0 saturated carbocycles. The number of hydrogen-bond donors (Lipinski definition) is 4. The fourth-order valence-corrected chi connectivity index (χ4v) is 0.881. The third-order valence-corrected chi connectivity index (χ3v) is 1.73. The zero-order chi connectivity index (χ0) is 12.8. The van der Waals surface area contributed by atoms with Gasteiger partial charge in [0.15, 0.2) is 0 Å². The van der Waals surface area contributed by atoms with Crippen molar-refractivity contribution in [3.8, 4) is 0 Å². The van der Waals surface area contributed by atoms with E-state index in [1.165, 1.54) is 0 Å². The largest absolute Gasteiger partial charge is 0.480 e. The highest BCUT2D eigenvalue weighted by Crippen LogP contribution is 1.92. The number of rotatable bonds is 8. The van der Waals surface area contributed by atoms with Gasteiger partial charge in [-0.3, -0.25) is 4.79 Å². The van der Waals surface area contributed by atoms with Crippen LogP contribution < -0.4 is 5.32 Å². The minimum absolute atomic E-state index is 0.346. The molecule has 6 heteroatoms. The Morgan fingerprint density at radius 2 is 1.94 bits per heavy atom. The van der Waals surface area contributed by atoms with Gasteiger partial charge in [0, 0.05) is 0 Å². The Morgan fingerprint density at radius 1 is 1.38 bits per heavy atom. The van der Waals surface area contributed by atoms with Crippen molar-refractivity contribution in [1.82, 2.24) is 5.32 Å². The van der Waals surface area contributed by atoms with Gasteiger partial charge in [-0.05, 0) is 13.0 Å². The molecule has 16 heavy (non-hydrogen) atoms. The molecule has 96 valence electrons. The molecular weight excluding hydrogens is 214 g/mol. The van der Waals surface area contributed by atoms with E-state index in [-0.39, 0.29) is 13.2 Å². The Morgan fingerprint density at radius 3 is 2.25 bits per heavy atom. The lowest BCUT2D eigenvalue weighted by Crippen LogP contribution is -2.40. The molecule has 1 unspecified atom stereocenters. The van der Waals surface area contributed by atoms with Crippen LogP contribution in [0.15, 0.2) is 0 Å². The molecule has 0 aliphatic carbocycles. The maximum atomic E-state index is 10.4. The summed E-state index contributed by atoms with van der Waals surface area (Å²) in [5.74, 6) is -0.992. The Hall–Kier alpha value is -0.980. The van der Waals surface area contributed by atoms with Gasteiger partial charge < -0.3 is 25.4 Å². The SMILES string of the molecule is CCCCCNC(CO)C(=O)O.O=CCO. The van der Waals surface area contributed by atoms with Crippen molar-refractivity contribution in [2.75, 3.05) is 19.8 Å². The quantitative estimate of drug-likeness (QED) is 0.330. The summed E-state index contributed by atoms with van der Waals surface area (Å²) in [6.07, 6.45) is 3.59. The second-order valence-corrected chi connectivity index (χ2v) is 3.08. The van der Waals surface area contributed by atoms with E-state index in [4.69, 9.17) is 20.1 Å². The van der Waals surface area contributed by atoms with E-state index in [2.05, 4.69) is 12.2 Å². The van der Waals surface area contributed by atoms with E-state index in [0.717, 1.165) is 19.3 Å². The number of aliphatic hydroxyl groups is 2. The maximum absolute atomic E-state index is 10.4. The first-order valence-electron chi connectivity index (χ1n) is 5.25. The van der Waals surface area contributed by atoms with E-state index < -0.39 is 12.0 Å². The predicted octanol–water partition coefficient (Wildman–Crippen LogP) is -0.611. The van der Waals surface area contributed by atoms with Crippen LogP contribution in [0.1, 0.15) is 26.2 Å². The Balaban J connectivity index is 0. The van der Waals surface area contributed by atoms with Gasteiger partial charge in [0.25, 0.3) is 0 Å². The molecule has 0 aromatic rings. The number of aldehydes is 1. The number of nitrogens with one attached hydrogen (secondary N) is 1. The summed E-state index contributed by atoms with van der Waals surface area (Å²) in [5, 5.41) is 27.4. The minimum atomic E-state index is -0.992. The average molecular weight is 235 g/mol. The van der Waals surface area contributed by atoms with Crippen LogP contribution in [-0.2, 0) is 9.59 Å². The molecule has 0 rings (SSSR count). The van der Waals surface area contributed by atoms with E-state index >= 15 is 0 Å². The zero-order valence-corrected chi connectivity index (χ0v) is 9.56. The van der Waals surface area contributed by atoms with Crippen LogP contribution in [-0.4, -0.2) is 53.4 Å². The van der Waals surface area contributed by atoms with Gasteiger partial charge in [-0.25, -0.2) is 0 Å². The van der Waals surface area contributed by atoms with Gasteiger partial charge in [-0.15, -0.1) is 0 Å². The van der Waals surface area contributed by atoms with Gasteiger partial charge in [0.1, 0.15) is 12.3 Å². The van der Waals surface area contributed by atoms with Crippen LogP contribution in [0.5, 0.6) is 0 Å². The Kier molecular flexibility index (Phi) is 15.3. The third-order valence-electron chi connectivity index (χ3n) is 1.73. The fraction of sp³-hybridized carbons (Fsp3) is 0.800. The first kappa shape index (κ1) is 17.4. The van der Waals surface area contributed by atoms with Gasteiger partial charge in [0.2, 0.25) is 0 Å². The minimum Gasteiger partial charge on any atom is -0.480 e. The van der Waals surface area contributed by atoms with E-state index in [1.54, 1.807) is 0 Å². The van der Waals surface area contributed by atoms with Crippen molar-refractivity contribution in [2.45, 2.75) is 32.2 Å². The summed E-state index contributed by atoms with van der Waals surface area (Å²) in [5.41, 5.74) is 0. The predicted molar refractivity (Wildman–Crippen MR) is 59.2 cm³/mol. The number of carboxylic acids is 1. The second-order valence-electron chi connectivity index (χ2n) is 3.08. The standard InChI is InChI=1S/C8H17NO3.C2H4O2/c1-2-3-4-5-9-7(6-10)8(11)12;3-1-2-4/h7,9-10H,2-6H2,1H3,(H,11,12);1,4H,2H2. The van der Waals surface area contributed by atoms with Crippen molar-refractivity contribution >= 4 is 12.3 Å². The molecule has 6 nitrogen and oxygen atoms in total. The molecule has 0 saturated heterocycles. The Bertz CT molecular complexity index is 175. The molecule has 0 aliphatic rings. The molecule has 4 N–H and O–H groups in total. The van der Waals surface area contributed by atoms with Gasteiger partial charge >= 0.3 is 5.97 Å². The van der Waals surface area contributed by atoms with Crippen molar-refractivity contribution in [3.05, 3.63) is 0 Å². The normalized spacial score (nSPS) is 11.2. The molecule has 0 aromatic carbocycles. The van der Waals surface area contributed by atoms with Crippen molar-refractivity contribution < 1.29 is 24.9 Å². The van der Waals surface area contributed by atoms with Crippen molar-refractivity contribution in [3.63, 3.8) is 0 Å². The summed E-state index contributed by atoms with van der Waals surface area (Å²) in [6, 6.07) is -0.804. The van der Waals surface area contributed by atoms with Crippen molar-refractivity contribution in [2.24, 2.45) is 0 Å². The van der Waals surface area contributed by atoms with Crippen LogP contribution >= 0.6 is 0 Å². The summed E-state index contributed by atoms with van der Waals surface area (Å²) in [4.78, 5) is 19.3. The molecule has 1 atom stereocenters. The molecule has 0 spiro atoms. The first-order chi connectivity index (χ1) is 7.63. The average Bonchev–Trinajstić information content (AvgIpc) is 2.29. The highest BCUT2D eigenvalue weighted by Gasteiger charge is 2.13. The van der Waals surface area contributed by atoms with Crippen LogP contribution in [0.4, 0.5) is 0 Å². The number of aliphatic hydroxyl groups excluding tert-OH is 2. The topological polar surface area (TPSA) is 107 Å². The molecule has 0 aliphatic heterocycles. The maximum Gasteiger partial charge on any atom is 0.323 e. The molecule has 0 fully saturated rings. The zero-order valence-electron chi connectivity index (χ0n) is 9.56. The molecule has 0 aromatic heterocycles. The van der Waals surface area contributed by atoms with Crippen LogP contribution in [0, 0.1) is 0 Å². The monoisotopic (exact) mass is 235 g/mol. The lowest BCUT2D eigenvalue weighted by atomic mass is 10.2. The van der Waals surface area contributed by atoms with Crippen LogP contribution in [0.3, 0.4) is 0 Å². The van der Waals surface area contributed by atoms with E-state index in [0.29, 0.717) is 12.8 Å². The highest BCUT2D eigenvalue weighted by molar-refractivity contribution is 5.73. The smallest absolute Gasteiger partial charge is 0.323 e. The lowest BCUT2D eigenvalue weighted by Gasteiger charge is -2.10.